The van der Waals surface area contributed by atoms with E-state index in [2.05, 4.69) is 29.2 Å². The van der Waals surface area contributed by atoms with Crippen LogP contribution in [0.1, 0.15) is 37.0 Å². The third-order valence-electron chi connectivity index (χ3n) is 5.42. The van der Waals surface area contributed by atoms with E-state index in [4.69, 9.17) is 4.74 Å². The van der Waals surface area contributed by atoms with E-state index < -0.39 is 10.0 Å². The Kier molecular flexibility index (Phi) is 9.99. The molecule has 0 atom stereocenters. The zero-order chi connectivity index (χ0) is 24.4. The van der Waals surface area contributed by atoms with Crippen molar-refractivity contribution in [2.45, 2.75) is 31.6 Å². The Hall–Kier alpha value is -2.78. The number of amides is 1. The number of anilines is 2. The average Bonchev–Trinajstić information content (AvgIpc) is 2.79. The van der Waals surface area contributed by atoms with Gasteiger partial charge in [0, 0.05) is 36.6 Å². The SMILES string of the molecule is CCC(CC)CNc1cc(C(=O)NCCN(C)C)cc(S(=O)(=O)Nc2ccc(OC)cc2)c1. The van der Waals surface area contributed by atoms with Crippen molar-refractivity contribution in [2.75, 3.05) is 50.9 Å². The van der Waals surface area contributed by atoms with Gasteiger partial charge in [-0.25, -0.2) is 8.42 Å². The van der Waals surface area contributed by atoms with Crippen LogP contribution in [0.3, 0.4) is 0 Å². The van der Waals surface area contributed by atoms with Gasteiger partial charge in [0.25, 0.3) is 15.9 Å². The highest BCUT2D eigenvalue weighted by Crippen LogP contribution is 2.24. The molecule has 0 fully saturated rings. The van der Waals surface area contributed by atoms with E-state index in [0.717, 1.165) is 12.8 Å². The Morgan fingerprint density at radius 1 is 1.03 bits per heavy atom. The topological polar surface area (TPSA) is 99.8 Å². The highest BCUT2D eigenvalue weighted by atomic mass is 32.2. The summed E-state index contributed by atoms with van der Waals surface area (Å²) < 4.78 is 34.0. The molecule has 0 aromatic heterocycles. The van der Waals surface area contributed by atoms with E-state index in [0.29, 0.717) is 48.2 Å². The van der Waals surface area contributed by atoms with Gasteiger partial charge in [-0.1, -0.05) is 26.7 Å². The van der Waals surface area contributed by atoms with E-state index in [1.54, 1.807) is 43.5 Å². The maximum atomic E-state index is 13.1. The van der Waals surface area contributed by atoms with E-state index in [-0.39, 0.29) is 10.8 Å². The predicted octanol–water partition coefficient (Wildman–Crippen LogP) is 3.64. The van der Waals surface area contributed by atoms with Crippen LogP contribution in [0.25, 0.3) is 0 Å². The first-order valence-corrected chi connectivity index (χ1v) is 12.7. The van der Waals surface area contributed by atoms with Crippen molar-refractivity contribution < 1.29 is 17.9 Å². The number of likely N-dealkylation sites (N-methyl/N-ethyl adjacent to an activating group) is 1. The van der Waals surface area contributed by atoms with Gasteiger partial charge in [-0.3, -0.25) is 9.52 Å². The molecule has 0 heterocycles. The molecule has 8 nitrogen and oxygen atoms in total. The summed E-state index contributed by atoms with van der Waals surface area (Å²) in [5.74, 6) is 0.770. The molecule has 0 saturated heterocycles. The van der Waals surface area contributed by atoms with Crippen LogP contribution in [0.2, 0.25) is 0 Å². The molecule has 1 amide bonds. The van der Waals surface area contributed by atoms with Gasteiger partial charge >= 0.3 is 0 Å². The minimum absolute atomic E-state index is 0.0191. The standard InChI is InChI=1S/C24H36N4O4S/c1-6-18(7-2)17-26-21-14-19(24(29)25-12-13-28(3)4)15-23(16-21)33(30,31)27-20-8-10-22(32-5)11-9-20/h8-11,14-16,18,26-27H,6-7,12-13,17H2,1-5H3,(H,25,29). The van der Waals surface area contributed by atoms with Crippen LogP contribution in [0, 0.1) is 5.92 Å². The number of carbonyl (C=O) groups excluding carboxylic acids is 1. The molecule has 33 heavy (non-hydrogen) atoms. The smallest absolute Gasteiger partial charge is 0.261 e. The zero-order valence-corrected chi connectivity index (χ0v) is 21.0. The Morgan fingerprint density at radius 2 is 1.70 bits per heavy atom. The van der Waals surface area contributed by atoms with Gasteiger partial charge in [0.15, 0.2) is 0 Å². The summed E-state index contributed by atoms with van der Waals surface area (Å²) in [6.45, 7) is 6.09. The minimum atomic E-state index is -3.91. The molecule has 0 unspecified atom stereocenters. The van der Waals surface area contributed by atoms with Gasteiger partial charge in [0.1, 0.15) is 5.75 Å². The number of nitrogens with zero attached hydrogens (tertiary/aromatic N) is 1. The number of ether oxygens (including phenoxy) is 1. The molecule has 0 bridgehead atoms. The van der Waals surface area contributed by atoms with Gasteiger partial charge in [0.05, 0.1) is 12.0 Å². The minimum Gasteiger partial charge on any atom is -0.497 e. The van der Waals surface area contributed by atoms with Crippen molar-refractivity contribution in [2.24, 2.45) is 5.92 Å². The maximum Gasteiger partial charge on any atom is 0.261 e. The van der Waals surface area contributed by atoms with E-state index >= 15 is 0 Å². The molecule has 0 saturated carbocycles. The molecule has 2 aromatic rings. The normalized spacial score (nSPS) is 11.5. The van der Waals surface area contributed by atoms with Crippen molar-refractivity contribution in [1.29, 1.82) is 0 Å². The molecule has 0 aliphatic heterocycles. The number of benzene rings is 2. The molecule has 2 aromatic carbocycles. The van der Waals surface area contributed by atoms with Crippen molar-refractivity contribution in [3.63, 3.8) is 0 Å². The summed E-state index contributed by atoms with van der Waals surface area (Å²) in [4.78, 5) is 14.7. The molecule has 0 aliphatic rings. The monoisotopic (exact) mass is 476 g/mol. The first kappa shape index (κ1) is 26.5. The third-order valence-corrected chi connectivity index (χ3v) is 6.78. The Balaban J connectivity index is 2.32. The molecule has 3 N–H and O–H groups in total. The molecule has 0 radical (unpaired) electrons. The Labute approximate surface area is 197 Å². The lowest BCUT2D eigenvalue weighted by Gasteiger charge is -2.17. The van der Waals surface area contributed by atoms with Crippen LogP contribution in [0.5, 0.6) is 5.75 Å². The summed E-state index contributed by atoms with van der Waals surface area (Å²) in [7, 11) is 1.47. The summed E-state index contributed by atoms with van der Waals surface area (Å²) in [6.07, 6.45) is 2.02. The van der Waals surface area contributed by atoms with E-state index in [9.17, 15) is 13.2 Å². The Morgan fingerprint density at radius 3 is 2.27 bits per heavy atom. The molecule has 0 spiro atoms. The van der Waals surface area contributed by atoms with Crippen molar-refractivity contribution in [3.05, 3.63) is 48.0 Å². The molecule has 0 aliphatic carbocycles. The van der Waals surface area contributed by atoms with Crippen molar-refractivity contribution >= 4 is 27.3 Å². The van der Waals surface area contributed by atoms with Gasteiger partial charge < -0.3 is 20.3 Å². The highest BCUT2D eigenvalue weighted by Gasteiger charge is 2.19. The molecule has 182 valence electrons. The number of rotatable bonds is 13. The maximum absolute atomic E-state index is 13.1. The predicted molar refractivity (Wildman–Crippen MR) is 134 cm³/mol. The zero-order valence-electron chi connectivity index (χ0n) is 20.1. The van der Waals surface area contributed by atoms with Crippen LogP contribution < -0.4 is 20.1 Å². The average molecular weight is 477 g/mol. The lowest BCUT2D eigenvalue weighted by Crippen LogP contribution is -2.31. The number of sulfonamides is 1. The summed E-state index contributed by atoms with van der Waals surface area (Å²) in [5, 5.41) is 6.16. The molecular weight excluding hydrogens is 440 g/mol. The lowest BCUT2D eigenvalue weighted by molar-refractivity contribution is 0.0951. The fourth-order valence-electron chi connectivity index (χ4n) is 3.20. The van der Waals surface area contributed by atoms with Gasteiger partial charge in [-0.2, -0.15) is 0 Å². The highest BCUT2D eigenvalue weighted by molar-refractivity contribution is 7.92. The fraction of sp³-hybridized carbons (Fsp3) is 0.458. The van der Waals surface area contributed by atoms with Crippen LogP contribution in [-0.4, -0.2) is 60.1 Å². The number of nitrogens with one attached hydrogen (secondary N) is 3. The molecular formula is C24H36N4O4S. The number of carbonyl (C=O) groups is 1. The third kappa shape index (κ3) is 8.25. The van der Waals surface area contributed by atoms with Crippen molar-refractivity contribution in [3.8, 4) is 5.75 Å². The van der Waals surface area contributed by atoms with E-state index in [1.165, 1.54) is 6.07 Å². The number of hydrogen-bond donors (Lipinski definition) is 3. The first-order valence-electron chi connectivity index (χ1n) is 11.2. The molecule has 2 rings (SSSR count). The number of hydrogen-bond acceptors (Lipinski definition) is 6. The van der Waals surface area contributed by atoms with Crippen LogP contribution in [0.15, 0.2) is 47.4 Å². The van der Waals surface area contributed by atoms with Crippen LogP contribution in [-0.2, 0) is 10.0 Å². The quantitative estimate of drug-likeness (QED) is 0.408. The fourth-order valence-corrected chi connectivity index (χ4v) is 4.32. The second-order valence-electron chi connectivity index (χ2n) is 8.20. The second kappa shape index (κ2) is 12.5. The summed E-state index contributed by atoms with van der Waals surface area (Å²) >= 11 is 0. The summed E-state index contributed by atoms with van der Waals surface area (Å²) in [5.41, 5.74) is 1.29. The van der Waals surface area contributed by atoms with Crippen LogP contribution in [0.4, 0.5) is 11.4 Å². The van der Waals surface area contributed by atoms with Gasteiger partial charge in [-0.05, 0) is 62.5 Å². The number of methoxy groups -OCH3 is 1. The summed E-state index contributed by atoms with van der Waals surface area (Å²) in [6, 6.07) is 11.3. The lowest BCUT2D eigenvalue weighted by atomic mass is 10.0. The van der Waals surface area contributed by atoms with Crippen LogP contribution >= 0.6 is 0 Å². The van der Waals surface area contributed by atoms with E-state index in [1.807, 2.05) is 19.0 Å². The second-order valence-corrected chi connectivity index (χ2v) is 9.89. The van der Waals surface area contributed by atoms with Crippen molar-refractivity contribution in [1.82, 2.24) is 10.2 Å². The molecule has 9 heteroatoms. The van der Waals surface area contributed by atoms with Gasteiger partial charge in [0.2, 0.25) is 0 Å². The Bertz CT molecular complexity index is 1000. The first-order chi connectivity index (χ1) is 15.7. The largest absolute Gasteiger partial charge is 0.497 e. The van der Waals surface area contributed by atoms with Gasteiger partial charge in [-0.15, -0.1) is 0 Å².